The van der Waals surface area contributed by atoms with E-state index in [0.29, 0.717) is 23.9 Å². The molecule has 0 aromatic rings. The number of ether oxygens (including phenoxy) is 1. The summed E-state index contributed by atoms with van der Waals surface area (Å²) in [6, 6.07) is -0.897. The van der Waals surface area contributed by atoms with Crippen LogP contribution in [0.1, 0.15) is 265 Å². The number of carbonyl (C=O) groups is 2. The molecule has 1 N–H and O–H groups in total. The highest BCUT2D eigenvalue weighted by molar-refractivity contribution is 7.45. The first kappa shape index (κ1) is 68.7. The van der Waals surface area contributed by atoms with Gasteiger partial charge in [0.2, 0.25) is 5.91 Å². The number of nitrogens with zero attached hydrogens (tertiary/aromatic N) is 1. The fourth-order valence-corrected chi connectivity index (χ4v) is 9.03. The molecule has 0 fully saturated rings. The summed E-state index contributed by atoms with van der Waals surface area (Å²) in [4.78, 5) is 39.9. The van der Waals surface area contributed by atoms with Gasteiger partial charge in [0, 0.05) is 12.8 Å². The van der Waals surface area contributed by atoms with Crippen LogP contribution in [0.2, 0.25) is 0 Å². The van der Waals surface area contributed by atoms with Crippen LogP contribution in [-0.4, -0.2) is 69.4 Å². The Kier molecular flexibility index (Phi) is 49.6. The summed E-state index contributed by atoms with van der Waals surface area (Å²) in [5.41, 5.74) is 0. The number of hydrogen-bond donors (Lipinski definition) is 1. The summed E-state index contributed by atoms with van der Waals surface area (Å²) in [5.74, 6) is -0.561. The molecule has 0 saturated carbocycles. The van der Waals surface area contributed by atoms with E-state index < -0.39 is 26.6 Å². The highest BCUT2D eigenvalue weighted by atomic mass is 31.2. The summed E-state index contributed by atoms with van der Waals surface area (Å²) in [6.07, 6.45) is 63.1. The normalized spacial score (nSPS) is 14.2. The second-order valence-corrected chi connectivity index (χ2v) is 22.6. The zero-order chi connectivity index (χ0) is 52.2. The van der Waals surface area contributed by atoms with Crippen LogP contribution < -0.4 is 10.2 Å². The minimum atomic E-state index is -4.70. The minimum absolute atomic E-state index is 0.0271. The third-order valence-corrected chi connectivity index (χ3v) is 13.9. The lowest BCUT2D eigenvalue weighted by molar-refractivity contribution is -0.870. The first-order valence-electron chi connectivity index (χ1n) is 29.6. The Morgan fingerprint density at radius 1 is 0.507 bits per heavy atom. The molecular weight excluding hydrogens is 904 g/mol. The predicted octanol–water partition coefficient (Wildman–Crippen LogP) is 17.3. The molecule has 71 heavy (non-hydrogen) atoms. The van der Waals surface area contributed by atoms with E-state index in [9.17, 15) is 19.0 Å². The SMILES string of the molecule is CCCCC/C=C\C/C=C\CCCCCCCCCC(=O)NC(COP(=O)([O-])OCC[N+](C)(C)C)C(/C=C/CCCCCCCCCCCCC)OC(=O)CCCCCCCC/C=C/C=C/CCCCC. The van der Waals surface area contributed by atoms with Crippen molar-refractivity contribution in [3.8, 4) is 0 Å². The lowest BCUT2D eigenvalue weighted by Gasteiger charge is -2.30. The highest BCUT2D eigenvalue weighted by Crippen LogP contribution is 2.38. The molecule has 414 valence electrons. The monoisotopic (exact) mass is 1020 g/mol. The smallest absolute Gasteiger partial charge is 0.306 e. The van der Waals surface area contributed by atoms with Gasteiger partial charge in [-0.05, 0) is 89.5 Å². The van der Waals surface area contributed by atoms with Crippen LogP contribution in [0.25, 0.3) is 0 Å². The number of phosphoric ester groups is 1. The van der Waals surface area contributed by atoms with Crippen LogP contribution in [0, 0.1) is 0 Å². The largest absolute Gasteiger partial charge is 0.756 e. The number of allylic oxidation sites excluding steroid dienone is 9. The van der Waals surface area contributed by atoms with Gasteiger partial charge in [-0.2, -0.15) is 0 Å². The number of quaternary nitrogens is 1. The number of amides is 1. The molecule has 0 spiro atoms. The molecule has 3 atom stereocenters. The topological polar surface area (TPSA) is 114 Å². The van der Waals surface area contributed by atoms with Gasteiger partial charge in [-0.25, -0.2) is 0 Å². The van der Waals surface area contributed by atoms with Crippen molar-refractivity contribution < 1.29 is 37.3 Å². The lowest BCUT2D eigenvalue weighted by atomic mass is 10.0. The number of rotatable bonds is 53. The van der Waals surface area contributed by atoms with E-state index >= 15 is 0 Å². The van der Waals surface area contributed by atoms with Crippen LogP contribution in [0.4, 0.5) is 0 Å². The number of hydrogen-bond acceptors (Lipinski definition) is 7. The maximum Gasteiger partial charge on any atom is 0.306 e. The molecule has 0 rings (SSSR count). The maximum absolute atomic E-state index is 13.5. The Balaban J connectivity index is 5.38. The van der Waals surface area contributed by atoms with Gasteiger partial charge < -0.3 is 28.5 Å². The molecule has 0 aliphatic carbocycles. The average Bonchev–Trinajstić information content (AvgIpc) is 3.33. The summed E-state index contributed by atoms with van der Waals surface area (Å²) >= 11 is 0. The zero-order valence-corrected chi connectivity index (χ0v) is 48.1. The molecule has 0 aliphatic rings. The van der Waals surface area contributed by atoms with Gasteiger partial charge in [-0.1, -0.05) is 223 Å². The first-order valence-corrected chi connectivity index (χ1v) is 31.1. The first-order chi connectivity index (χ1) is 34.4. The van der Waals surface area contributed by atoms with Gasteiger partial charge in [-0.3, -0.25) is 14.2 Å². The van der Waals surface area contributed by atoms with Crippen molar-refractivity contribution in [3.63, 3.8) is 0 Å². The van der Waals surface area contributed by atoms with E-state index in [2.05, 4.69) is 74.7 Å². The number of unbranched alkanes of at least 4 members (excludes halogenated alkanes) is 30. The third kappa shape index (κ3) is 52.4. The maximum atomic E-state index is 13.5. The zero-order valence-electron chi connectivity index (χ0n) is 47.2. The Labute approximate surface area is 439 Å². The van der Waals surface area contributed by atoms with Gasteiger partial charge >= 0.3 is 5.97 Å². The summed E-state index contributed by atoms with van der Waals surface area (Å²) < 4.78 is 30.3. The number of likely N-dealkylation sites (N-methyl/N-ethyl adjacent to an activating group) is 1. The van der Waals surface area contributed by atoms with Gasteiger partial charge in [0.25, 0.3) is 7.82 Å². The Hall–Kier alpha value is -2.29. The number of carbonyl (C=O) groups excluding carboxylic acids is 2. The predicted molar refractivity (Wildman–Crippen MR) is 302 cm³/mol. The number of phosphoric acid groups is 1. The van der Waals surface area contributed by atoms with Crippen LogP contribution in [0.3, 0.4) is 0 Å². The van der Waals surface area contributed by atoms with E-state index in [1.54, 1.807) is 0 Å². The van der Waals surface area contributed by atoms with E-state index in [1.165, 1.54) is 128 Å². The van der Waals surface area contributed by atoms with Crippen molar-refractivity contribution in [2.75, 3.05) is 40.9 Å². The molecule has 0 radical (unpaired) electrons. The summed E-state index contributed by atoms with van der Waals surface area (Å²) in [7, 11) is 1.17. The summed E-state index contributed by atoms with van der Waals surface area (Å²) in [5, 5.41) is 3.02. The minimum Gasteiger partial charge on any atom is -0.756 e. The van der Waals surface area contributed by atoms with Crippen molar-refractivity contribution in [1.82, 2.24) is 5.32 Å². The fourth-order valence-electron chi connectivity index (χ4n) is 8.31. The van der Waals surface area contributed by atoms with E-state index in [0.717, 1.165) is 96.3 Å². The number of nitrogens with one attached hydrogen (secondary N) is 1. The molecule has 0 aliphatic heterocycles. The number of esters is 1. The van der Waals surface area contributed by atoms with E-state index in [4.69, 9.17) is 13.8 Å². The third-order valence-electron chi connectivity index (χ3n) is 12.9. The van der Waals surface area contributed by atoms with Crippen molar-refractivity contribution in [3.05, 3.63) is 60.8 Å². The molecule has 0 aromatic carbocycles. The van der Waals surface area contributed by atoms with Crippen molar-refractivity contribution in [1.29, 1.82) is 0 Å². The molecule has 10 heteroatoms. The lowest BCUT2D eigenvalue weighted by Crippen LogP contribution is -2.47. The molecule has 0 heterocycles. The molecule has 0 saturated heterocycles. The van der Waals surface area contributed by atoms with Crippen LogP contribution in [-0.2, 0) is 27.9 Å². The van der Waals surface area contributed by atoms with E-state index in [-0.39, 0.29) is 24.9 Å². The van der Waals surface area contributed by atoms with Gasteiger partial charge in [0.1, 0.15) is 19.3 Å². The molecule has 0 bridgehead atoms. The Morgan fingerprint density at radius 2 is 0.901 bits per heavy atom. The van der Waals surface area contributed by atoms with Crippen LogP contribution in [0.5, 0.6) is 0 Å². The standard InChI is InChI=1S/C61H113N2O7P/c1-7-10-13-16-19-22-25-28-30-31-33-35-38-41-44-47-50-53-60(64)62-58(57-69-71(66,67)68-56-55-63(4,5)6)59(52-49-46-43-40-37-34-27-24-21-18-15-12-9-3)70-61(65)54-51-48-45-42-39-36-32-29-26-23-20-17-14-11-8-2/h19-20,22-23,26,28-30,49,52,58-59H,7-18,21,24-25,27,31-48,50-51,53-57H2,1-6H3,(H-,62,64,66,67)/b22-19-,23-20+,29-26+,30-28-,52-49+. The molecule has 1 amide bonds. The summed E-state index contributed by atoms with van der Waals surface area (Å²) in [6.45, 7) is 6.78. The van der Waals surface area contributed by atoms with Crippen molar-refractivity contribution >= 4 is 19.7 Å². The molecule has 0 aromatic heterocycles. The van der Waals surface area contributed by atoms with E-state index in [1.807, 2.05) is 33.3 Å². The average molecular weight is 1020 g/mol. The molecule has 3 unspecified atom stereocenters. The highest BCUT2D eigenvalue weighted by Gasteiger charge is 2.27. The van der Waals surface area contributed by atoms with Crippen LogP contribution >= 0.6 is 7.82 Å². The fraction of sp³-hybridized carbons (Fsp3) is 0.803. The second-order valence-electron chi connectivity index (χ2n) is 21.2. The van der Waals surface area contributed by atoms with Gasteiger partial charge in [-0.15, -0.1) is 0 Å². The second kappa shape index (κ2) is 51.2. The molecular formula is C61H113N2O7P. The van der Waals surface area contributed by atoms with Crippen molar-refractivity contribution in [2.45, 2.75) is 277 Å². The Morgan fingerprint density at radius 3 is 1.38 bits per heavy atom. The van der Waals surface area contributed by atoms with Crippen molar-refractivity contribution in [2.24, 2.45) is 0 Å². The van der Waals surface area contributed by atoms with Crippen LogP contribution in [0.15, 0.2) is 60.8 Å². The van der Waals surface area contributed by atoms with Gasteiger partial charge in [0.05, 0.1) is 33.8 Å². The Bertz CT molecular complexity index is 1400. The molecule has 9 nitrogen and oxygen atoms in total. The van der Waals surface area contributed by atoms with Gasteiger partial charge in [0.15, 0.2) is 0 Å². The quantitative estimate of drug-likeness (QED) is 0.0161.